The Morgan fingerprint density at radius 3 is 2.84 bits per heavy atom. The minimum Gasteiger partial charge on any atom is -0.489 e. The Morgan fingerprint density at radius 1 is 1.28 bits per heavy atom. The number of hydrazone groups is 1. The molecule has 1 heterocycles. The lowest BCUT2D eigenvalue weighted by Gasteiger charge is -2.06. The van der Waals surface area contributed by atoms with E-state index in [2.05, 4.69) is 21.6 Å². The number of ether oxygens (including phenoxy) is 1. The fourth-order valence-corrected chi connectivity index (χ4v) is 2.75. The third-order valence-corrected chi connectivity index (χ3v) is 4.20. The van der Waals surface area contributed by atoms with Gasteiger partial charge in [0.25, 0.3) is 0 Å². The van der Waals surface area contributed by atoms with Gasteiger partial charge in [0, 0.05) is 5.38 Å². The Hall–Kier alpha value is -3.17. The van der Waals surface area contributed by atoms with Gasteiger partial charge < -0.3 is 4.74 Å². The SMILES string of the molecule is Cc1csc(NN=Cc2ccc(OCc3cccc(C#N)c3)cc2)n1. The summed E-state index contributed by atoms with van der Waals surface area (Å²) in [7, 11) is 0. The van der Waals surface area contributed by atoms with Crippen LogP contribution in [-0.4, -0.2) is 11.2 Å². The molecule has 1 N–H and O–H groups in total. The zero-order valence-corrected chi connectivity index (χ0v) is 14.5. The molecule has 2 aromatic carbocycles. The van der Waals surface area contributed by atoms with Crippen molar-refractivity contribution in [3.05, 3.63) is 76.3 Å². The smallest absolute Gasteiger partial charge is 0.203 e. The van der Waals surface area contributed by atoms with E-state index in [1.54, 1.807) is 12.3 Å². The van der Waals surface area contributed by atoms with E-state index < -0.39 is 0 Å². The predicted molar refractivity (Wildman–Crippen MR) is 100.0 cm³/mol. The number of thiazole rings is 1. The van der Waals surface area contributed by atoms with Gasteiger partial charge in [0.05, 0.1) is 23.5 Å². The molecule has 6 heteroatoms. The first kappa shape index (κ1) is 16.7. The average molecular weight is 348 g/mol. The molecule has 0 aliphatic rings. The van der Waals surface area contributed by atoms with Crippen molar-refractivity contribution in [2.45, 2.75) is 13.5 Å². The van der Waals surface area contributed by atoms with Crippen LogP contribution in [0.25, 0.3) is 0 Å². The van der Waals surface area contributed by atoms with Crippen LogP contribution in [0.4, 0.5) is 5.13 Å². The highest BCUT2D eigenvalue weighted by Crippen LogP contribution is 2.15. The van der Waals surface area contributed by atoms with Crippen LogP contribution in [0, 0.1) is 18.3 Å². The highest BCUT2D eigenvalue weighted by molar-refractivity contribution is 7.13. The summed E-state index contributed by atoms with van der Waals surface area (Å²) in [6.45, 7) is 2.37. The molecule has 0 saturated heterocycles. The van der Waals surface area contributed by atoms with Crippen molar-refractivity contribution in [3.8, 4) is 11.8 Å². The standard InChI is InChI=1S/C19H16N4OS/c1-14-13-25-19(22-14)23-21-11-15-5-7-18(8-6-15)24-12-17-4-2-3-16(9-17)10-20/h2-9,11,13H,12H2,1H3,(H,22,23). The molecule has 3 rings (SSSR count). The number of aryl methyl sites for hydroxylation is 1. The lowest BCUT2D eigenvalue weighted by molar-refractivity contribution is 0.306. The molecule has 1 aromatic heterocycles. The lowest BCUT2D eigenvalue weighted by Crippen LogP contribution is -1.96. The summed E-state index contributed by atoms with van der Waals surface area (Å²) in [5, 5.41) is 15.8. The quantitative estimate of drug-likeness (QED) is 0.531. The van der Waals surface area contributed by atoms with E-state index >= 15 is 0 Å². The summed E-state index contributed by atoms with van der Waals surface area (Å²) in [5.41, 5.74) is 6.44. The van der Waals surface area contributed by atoms with E-state index in [0.29, 0.717) is 12.2 Å². The van der Waals surface area contributed by atoms with Crippen LogP contribution in [0.2, 0.25) is 0 Å². The van der Waals surface area contributed by atoms with E-state index in [1.165, 1.54) is 11.3 Å². The topological polar surface area (TPSA) is 70.3 Å². The third-order valence-electron chi connectivity index (χ3n) is 3.33. The van der Waals surface area contributed by atoms with Crippen LogP contribution in [0.3, 0.4) is 0 Å². The molecule has 0 aliphatic heterocycles. The van der Waals surface area contributed by atoms with Crippen LogP contribution in [0.15, 0.2) is 59.0 Å². The number of benzene rings is 2. The van der Waals surface area contributed by atoms with Gasteiger partial charge in [-0.05, 0) is 54.4 Å². The molecular weight excluding hydrogens is 332 g/mol. The molecule has 124 valence electrons. The summed E-state index contributed by atoms with van der Waals surface area (Å²) in [6.07, 6.45) is 1.73. The fourth-order valence-electron chi connectivity index (χ4n) is 2.11. The zero-order valence-electron chi connectivity index (χ0n) is 13.6. The van der Waals surface area contributed by atoms with Crippen LogP contribution in [0.1, 0.15) is 22.4 Å². The molecule has 0 atom stereocenters. The first-order valence-corrected chi connectivity index (χ1v) is 8.54. The van der Waals surface area contributed by atoms with Gasteiger partial charge in [-0.1, -0.05) is 12.1 Å². The number of nitriles is 1. The summed E-state index contributed by atoms with van der Waals surface area (Å²) < 4.78 is 5.75. The Kier molecular flexibility index (Phi) is 5.39. The number of anilines is 1. The van der Waals surface area contributed by atoms with Gasteiger partial charge >= 0.3 is 0 Å². The second kappa shape index (κ2) is 8.08. The van der Waals surface area contributed by atoms with E-state index in [0.717, 1.165) is 27.7 Å². The summed E-state index contributed by atoms with van der Waals surface area (Å²) in [4.78, 5) is 4.27. The summed E-state index contributed by atoms with van der Waals surface area (Å²) >= 11 is 1.52. The molecule has 0 spiro atoms. The van der Waals surface area contributed by atoms with E-state index in [9.17, 15) is 0 Å². The van der Waals surface area contributed by atoms with Crippen molar-refractivity contribution in [1.29, 1.82) is 5.26 Å². The molecule has 0 radical (unpaired) electrons. The van der Waals surface area contributed by atoms with Gasteiger partial charge in [-0.25, -0.2) is 4.98 Å². The number of aromatic nitrogens is 1. The molecule has 0 bridgehead atoms. The summed E-state index contributed by atoms with van der Waals surface area (Å²) in [6, 6.07) is 17.2. The number of hydrogen-bond donors (Lipinski definition) is 1. The zero-order chi connectivity index (χ0) is 17.5. The molecule has 0 unspecified atom stereocenters. The Labute approximate surface area is 150 Å². The molecule has 25 heavy (non-hydrogen) atoms. The Balaban J connectivity index is 1.54. The highest BCUT2D eigenvalue weighted by Gasteiger charge is 1.99. The van der Waals surface area contributed by atoms with Crippen molar-refractivity contribution in [2.24, 2.45) is 5.10 Å². The average Bonchev–Trinajstić information content (AvgIpc) is 3.06. The van der Waals surface area contributed by atoms with Gasteiger partial charge in [-0.15, -0.1) is 11.3 Å². The molecular formula is C19H16N4OS. The van der Waals surface area contributed by atoms with Gasteiger partial charge in [-0.2, -0.15) is 10.4 Å². The summed E-state index contributed by atoms with van der Waals surface area (Å²) in [5.74, 6) is 0.767. The number of rotatable bonds is 6. The minimum absolute atomic E-state index is 0.425. The molecule has 3 aromatic rings. The van der Waals surface area contributed by atoms with Crippen molar-refractivity contribution < 1.29 is 4.74 Å². The third kappa shape index (κ3) is 4.90. The number of hydrogen-bond acceptors (Lipinski definition) is 6. The Bertz CT molecular complexity index is 910. The van der Waals surface area contributed by atoms with E-state index in [-0.39, 0.29) is 0 Å². The van der Waals surface area contributed by atoms with Crippen molar-refractivity contribution in [3.63, 3.8) is 0 Å². The second-order valence-electron chi connectivity index (χ2n) is 5.33. The number of nitrogens with one attached hydrogen (secondary N) is 1. The van der Waals surface area contributed by atoms with Gasteiger partial charge in [0.2, 0.25) is 5.13 Å². The fraction of sp³-hybridized carbons (Fsp3) is 0.105. The molecule has 0 fully saturated rings. The van der Waals surface area contributed by atoms with Crippen molar-refractivity contribution in [2.75, 3.05) is 5.43 Å². The van der Waals surface area contributed by atoms with E-state index in [1.807, 2.05) is 54.8 Å². The van der Waals surface area contributed by atoms with Gasteiger partial charge in [0.15, 0.2) is 0 Å². The molecule has 5 nitrogen and oxygen atoms in total. The maximum atomic E-state index is 8.91. The monoisotopic (exact) mass is 348 g/mol. The maximum Gasteiger partial charge on any atom is 0.203 e. The molecule has 0 aliphatic carbocycles. The van der Waals surface area contributed by atoms with Crippen LogP contribution in [-0.2, 0) is 6.61 Å². The normalized spacial score (nSPS) is 10.6. The highest BCUT2D eigenvalue weighted by atomic mass is 32.1. The first-order chi connectivity index (χ1) is 12.2. The number of nitrogens with zero attached hydrogens (tertiary/aromatic N) is 3. The molecule has 0 saturated carbocycles. The molecule has 0 amide bonds. The van der Waals surface area contributed by atoms with Crippen molar-refractivity contribution >= 4 is 22.7 Å². The predicted octanol–water partition coefficient (Wildman–Crippen LogP) is 4.35. The van der Waals surface area contributed by atoms with Crippen molar-refractivity contribution in [1.82, 2.24) is 4.98 Å². The largest absolute Gasteiger partial charge is 0.489 e. The maximum absolute atomic E-state index is 8.91. The van der Waals surface area contributed by atoms with Gasteiger partial charge in [-0.3, -0.25) is 5.43 Å². The first-order valence-electron chi connectivity index (χ1n) is 7.66. The van der Waals surface area contributed by atoms with Crippen LogP contribution < -0.4 is 10.2 Å². The van der Waals surface area contributed by atoms with E-state index in [4.69, 9.17) is 10.00 Å². The Morgan fingerprint density at radius 2 is 2.12 bits per heavy atom. The minimum atomic E-state index is 0.425. The van der Waals surface area contributed by atoms with Crippen LogP contribution in [0.5, 0.6) is 5.75 Å². The second-order valence-corrected chi connectivity index (χ2v) is 6.19. The lowest BCUT2D eigenvalue weighted by atomic mass is 10.1. The van der Waals surface area contributed by atoms with Crippen LogP contribution >= 0.6 is 11.3 Å². The van der Waals surface area contributed by atoms with Gasteiger partial charge in [0.1, 0.15) is 12.4 Å².